The van der Waals surface area contributed by atoms with Crippen LogP contribution in [0.15, 0.2) is 24.3 Å². The summed E-state index contributed by atoms with van der Waals surface area (Å²) >= 11 is 0. The average Bonchev–Trinajstić information content (AvgIpc) is 3.10. The van der Waals surface area contributed by atoms with Crippen molar-refractivity contribution in [2.75, 3.05) is 6.54 Å². The van der Waals surface area contributed by atoms with Gasteiger partial charge in [0.15, 0.2) is 0 Å². The Morgan fingerprint density at radius 2 is 2.19 bits per heavy atom. The molecule has 0 bridgehead atoms. The molecule has 1 aromatic heterocycles. The lowest BCUT2D eigenvalue weighted by Crippen LogP contribution is -2.40. The molecular weight excluding hydrogens is 270 g/mol. The molecule has 110 valence electrons. The molecule has 6 heteroatoms. The second kappa shape index (κ2) is 5.55. The van der Waals surface area contributed by atoms with Crippen LogP contribution >= 0.6 is 0 Å². The van der Waals surface area contributed by atoms with Crippen LogP contribution in [0, 0.1) is 0 Å². The SMILES string of the molecule is O=C(O)[C@H]1CCCN1C(=O)CCc1nc2ccccc2[nH]1. The molecule has 0 saturated carbocycles. The Morgan fingerprint density at radius 3 is 2.95 bits per heavy atom. The number of benzene rings is 1. The van der Waals surface area contributed by atoms with Gasteiger partial charge in [0.1, 0.15) is 11.9 Å². The topological polar surface area (TPSA) is 86.3 Å². The van der Waals surface area contributed by atoms with E-state index in [1.807, 2.05) is 24.3 Å². The van der Waals surface area contributed by atoms with Crippen molar-refractivity contribution in [3.8, 4) is 0 Å². The van der Waals surface area contributed by atoms with Gasteiger partial charge in [-0.05, 0) is 25.0 Å². The Balaban J connectivity index is 1.64. The highest BCUT2D eigenvalue weighted by Gasteiger charge is 2.33. The van der Waals surface area contributed by atoms with E-state index < -0.39 is 12.0 Å². The van der Waals surface area contributed by atoms with Crippen LogP contribution in [-0.4, -0.2) is 44.4 Å². The van der Waals surface area contributed by atoms with E-state index >= 15 is 0 Å². The molecule has 0 spiro atoms. The third-order valence-corrected chi connectivity index (χ3v) is 3.87. The molecular formula is C15H17N3O3. The van der Waals surface area contributed by atoms with E-state index in [9.17, 15) is 9.59 Å². The molecule has 1 aromatic carbocycles. The van der Waals surface area contributed by atoms with Crippen LogP contribution in [0.25, 0.3) is 11.0 Å². The number of aliphatic carboxylic acids is 1. The largest absolute Gasteiger partial charge is 0.480 e. The monoisotopic (exact) mass is 287 g/mol. The normalized spacial score (nSPS) is 18.3. The Hall–Kier alpha value is -2.37. The molecule has 1 fully saturated rings. The molecule has 21 heavy (non-hydrogen) atoms. The van der Waals surface area contributed by atoms with Gasteiger partial charge in [-0.2, -0.15) is 0 Å². The number of aryl methyl sites for hydroxylation is 1. The summed E-state index contributed by atoms with van der Waals surface area (Å²) < 4.78 is 0. The molecule has 0 radical (unpaired) electrons. The van der Waals surface area contributed by atoms with E-state index in [2.05, 4.69) is 9.97 Å². The zero-order valence-corrected chi connectivity index (χ0v) is 11.6. The van der Waals surface area contributed by atoms with Crippen molar-refractivity contribution < 1.29 is 14.7 Å². The Labute approximate surface area is 121 Å². The van der Waals surface area contributed by atoms with E-state index in [1.165, 1.54) is 4.90 Å². The van der Waals surface area contributed by atoms with E-state index in [1.54, 1.807) is 0 Å². The van der Waals surface area contributed by atoms with Gasteiger partial charge in [-0.3, -0.25) is 4.79 Å². The van der Waals surface area contributed by atoms with Gasteiger partial charge in [0.2, 0.25) is 5.91 Å². The Bertz CT molecular complexity index is 647. The van der Waals surface area contributed by atoms with E-state index in [-0.39, 0.29) is 12.3 Å². The maximum absolute atomic E-state index is 12.2. The molecule has 0 unspecified atom stereocenters. The van der Waals surface area contributed by atoms with Crippen molar-refractivity contribution in [3.63, 3.8) is 0 Å². The van der Waals surface area contributed by atoms with Crippen molar-refractivity contribution >= 4 is 22.9 Å². The van der Waals surface area contributed by atoms with Crippen LogP contribution < -0.4 is 0 Å². The van der Waals surface area contributed by atoms with E-state index in [0.717, 1.165) is 23.3 Å². The fourth-order valence-corrected chi connectivity index (χ4v) is 2.81. The number of carboxylic acids is 1. The number of para-hydroxylation sites is 2. The number of fused-ring (bicyclic) bond motifs is 1. The minimum atomic E-state index is -0.912. The highest BCUT2D eigenvalue weighted by Crippen LogP contribution is 2.19. The molecule has 1 aliphatic heterocycles. The quantitative estimate of drug-likeness (QED) is 0.893. The van der Waals surface area contributed by atoms with Gasteiger partial charge in [0, 0.05) is 19.4 Å². The van der Waals surface area contributed by atoms with Gasteiger partial charge in [-0.1, -0.05) is 12.1 Å². The zero-order chi connectivity index (χ0) is 14.8. The fraction of sp³-hybridized carbons (Fsp3) is 0.400. The van der Waals surface area contributed by atoms with Crippen LogP contribution in [0.1, 0.15) is 25.1 Å². The van der Waals surface area contributed by atoms with Crippen molar-refractivity contribution in [2.24, 2.45) is 0 Å². The molecule has 1 atom stereocenters. The lowest BCUT2D eigenvalue weighted by atomic mass is 10.2. The predicted octanol–water partition coefficient (Wildman–Crippen LogP) is 1.57. The molecule has 3 rings (SSSR count). The number of imidazole rings is 1. The summed E-state index contributed by atoms with van der Waals surface area (Å²) in [4.78, 5) is 32.3. The van der Waals surface area contributed by atoms with Crippen LogP contribution in [0.2, 0.25) is 0 Å². The van der Waals surface area contributed by atoms with Crippen LogP contribution in [0.3, 0.4) is 0 Å². The minimum absolute atomic E-state index is 0.111. The zero-order valence-electron chi connectivity index (χ0n) is 11.6. The van der Waals surface area contributed by atoms with Crippen molar-refractivity contribution in [2.45, 2.75) is 31.7 Å². The van der Waals surface area contributed by atoms with Gasteiger partial charge < -0.3 is 15.0 Å². The minimum Gasteiger partial charge on any atom is -0.480 e. The molecule has 1 aliphatic rings. The van der Waals surface area contributed by atoms with E-state index in [4.69, 9.17) is 5.11 Å². The first-order chi connectivity index (χ1) is 10.1. The number of carbonyl (C=O) groups excluding carboxylic acids is 1. The average molecular weight is 287 g/mol. The molecule has 1 saturated heterocycles. The third kappa shape index (κ3) is 2.74. The maximum atomic E-state index is 12.2. The number of carboxylic acid groups (broad SMARTS) is 1. The van der Waals surface area contributed by atoms with Crippen molar-refractivity contribution in [1.29, 1.82) is 0 Å². The number of hydrogen-bond acceptors (Lipinski definition) is 3. The second-order valence-corrected chi connectivity index (χ2v) is 5.28. The number of likely N-dealkylation sites (tertiary alicyclic amines) is 1. The first kappa shape index (κ1) is 13.6. The van der Waals surface area contributed by atoms with Crippen molar-refractivity contribution in [1.82, 2.24) is 14.9 Å². The predicted molar refractivity (Wildman–Crippen MR) is 76.8 cm³/mol. The maximum Gasteiger partial charge on any atom is 0.326 e. The number of hydrogen-bond donors (Lipinski definition) is 2. The number of rotatable bonds is 4. The van der Waals surface area contributed by atoms with Gasteiger partial charge in [-0.15, -0.1) is 0 Å². The van der Waals surface area contributed by atoms with Crippen molar-refractivity contribution in [3.05, 3.63) is 30.1 Å². The number of aromatic amines is 1. The van der Waals surface area contributed by atoms with Gasteiger partial charge in [-0.25, -0.2) is 9.78 Å². The molecule has 2 aromatic rings. The van der Waals surface area contributed by atoms with Crippen LogP contribution in [0.5, 0.6) is 0 Å². The number of nitrogens with one attached hydrogen (secondary N) is 1. The lowest BCUT2D eigenvalue weighted by Gasteiger charge is -2.21. The summed E-state index contributed by atoms with van der Waals surface area (Å²) in [6.45, 7) is 0.538. The highest BCUT2D eigenvalue weighted by atomic mass is 16.4. The smallest absolute Gasteiger partial charge is 0.326 e. The molecule has 2 N–H and O–H groups in total. The molecule has 2 heterocycles. The van der Waals surface area contributed by atoms with Gasteiger partial charge in [0.25, 0.3) is 0 Å². The Morgan fingerprint density at radius 1 is 1.38 bits per heavy atom. The second-order valence-electron chi connectivity index (χ2n) is 5.28. The lowest BCUT2D eigenvalue weighted by molar-refractivity contribution is -0.148. The van der Waals surface area contributed by atoms with Gasteiger partial charge in [0.05, 0.1) is 11.0 Å². The summed E-state index contributed by atoms with van der Waals surface area (Å²) in [6.07, 6.45) is 2.08. The fourth-order valence-electron chi connectivity index (χ4n) is 2.81. The summed E-state index contributed by atoms with van der Waals surface area (Å²) in [6, 6.07) is 7.04. The van der Waals surface area contributed by atoms with Gasteiger partial charge >= 0.3 is 5.97 Å². The summed E-state index contributed by atoms with van der Waals surface area (Å²) in [5.41, 5.74) is 1.83. The molecule has 0 aliphatic carbocycles. The van der Waals surface area contributed by atoms with Crippen LogP contribution in [-0.2, 0) is 16.0 Å². The molecule has 1 amide bonds. The number of H-pyrrole nitrogens is 1. The summed E-state index contributed by atoms with van der Waals surface area (Å²) in [5.74, 6) is -0.263. The number of carbonyl (C=O) groups is 2. The number of aromatic nitrogens is 2. The molecule has 6 nitrogen and oxygen atoms in total. The standard InChI is InChI=1S/C15H17N3O3/c19-14(18-9-3-6-12(18)15(20)21)8-7-13-16-10-4-1-2-5-11(10)17-13/h1-2,4-5,12H,3,6-9H2,(H,16,17)(H,20,21)/t12-/m1/s1. The Kier molecular flexibility index (Phi) is 3.60. The first-order valence-corrected chi connectivity index (χ1v) is 7.11. The number of nitrogens with zero attached hydrogens (tertiary/aromatic N) is 2. The number of amides is 1. The highest BCUT2D eigenvalue weighted by molar-refractivity contribution is 5.84. The van der Waals surface area contributed by atoms with Crippen LogP contribution in [0.4, 0.5) is 0 Å². The summed E-state index contributed by atoms with van der Waals surface area (Å²) in [7, 11) is 0. The third-order valence-electron chi connectivity index (χ3n) is 3.87. The van der Waals surface area contributed by atoms with E-state index in [0.29, 0.717) is 19.4 Å². The summed E-state index contributed by atoms with van der Waals surface area (Å²) in [5, 5.41) is 9.10. The first-order valence-electron chi connectivity index (χ1n) is 7.11.